The number of fused-ring (bicyclic) bond motifs is 1. The Balaban J connectivity index is 2.52. The fourth-order valence-corrected chi connectivity index (χ4v) is 1.62. The van der Waals surface area contributed by atoms with Crippen molar-refractivity contribution >= 4 is 17.1 Å². The molecule has 0 spiro atoms. The zero-order valence-electron chi connectivity index (χ0n) is 9.82. The van der Waals surface area contributed by atoms with E-state index in [1.54, 1.807) is 0 Å². The molecule has 0 saturated carbocycles. The molecule has 92 valence electrons. The number of nitrogen functional groups attached to an aromatic ring is 1. The summed E-state index contributed by atoms with van der Waals surface area (Å²) in [6.07, 6.45) is 0.935. The summed E-state index contributed by atoms with van der Waals surface area (Å²) in [6, 6.07) is -0.241. The molecule has 0 amide bonds. The van der Waals surface area contributed by atoms with Crippen LogP contribution in [0.1, 0.15) is 32.1 Å². The van der Waals surface area contributed by atoms with Gasteiger partial charge in [0.05, 0.1) is 6.04 Å². The first-order valence-corrected chi connectivity index (χ1v) is 5.54. The van der Waals surface area contributed by atoms with E-state index in [2.05, 4.69) is 26.9 Å². The second kappa shape index (κ2) is 4.17. The van der Waals surface area contributed by atoms with Gasteiger partial charge in [-0.25, -0.2) is 4.98 Å². The Morgan fingerprint density at radius 1 is 1.35 bits per heavy atom. The summed E-state index contributed by atoms with van der Waals surface area (Å²) in [4.78, 5) is 25.1. The standard InChI is InChI=1S/C10H16N6O/c1-3-4(2)5(11)7-13-6-8(14-7)15-10(12)16-9(6)17/h4-5H,3,11H2,1-2H3,(H4,12,13,14,15,16,17). The second-order valence-corrected chi connectivity index (χ2v) is 4.18. The van der Waals surface area contributed by atoms with E-state index in [9.17, 15) is 4.79 Å². The van der Waals surface area contributed by atoms with Crippen LogP contribution in [0.15, 0.2) is 4.79 Å². The topological polar surface area (TPSA) is 126 Å². The van der Waals surface area contributed by atoms with Crippen molar-refractivity contribution in [3.63, 3.8) is 0 Å². The molecule has 0 saturated heterocycles. The number of nitrogens with one attached hydrogen (secondary N) is 2. The number of hydrogen-bond donors (Lipinski definition) is 4. The molecule has 2 unspecified atom stereocenters. The van der Waals surface area contributed by atoms with Crippen LogP contribution < -0.4 is 17.0 Å². The van der Waals surface area contributed by atoms with Gasteiger partial charge in [-0.1, -0.05) is 20.3 Å². The molecule has 0 aliphatic carbocycles. The fourth-order valence-electron chi connectivity index (χ4n) is 1.62. The number of anilines is 1. The van der Waals surface area contributed by atoms with E-state index in [0.29, 0.717) is 17.0 Å². The summed E-state index contributed by atoms with van der Waals surface area (Å²) < 4.78 is 0. The van der Waals surface area contributed by atoms with Crippen molar-refractivity contribution in [3.8, 4) is 0 Å². The molecule has 0 fully saturated rings. The highest BCUT2D eigenvalue weighted by molar-refractivity contribution is 5.70. The van der Waals surface area contributed by atoms with Crippen LogP contribution >= 0.6 is 0 Å². The highest BCUT2D eigenvalue weighted by Gasteiger charge is 2.18. The maximum atomic E-state index is 11.6. The zero-order chi connectivity index (χ0) is 12.6. The van der Waals surface area contributed by atoms with Gasteiger partial charge >= 0.3 is 0 Å². The lowest BCUT2D eigenvalue weighted by molar-refractivity contribution is 0.442. The Hall–Kier alpha value is -1.89. The van der Waals surface area contributed by atoms with Gasteiger partial charge in [-0.15, -0.1) is 0 Å². The average Bonchev–Trinajstić information content (AvgIpc) is 2.70. The van der Waals surface area contributed by atoms with Crippen molar-refractivity contribution in [3.05, 3.63) is 16.2 Å². The molecule has 2 rings (SSSR count). The number of rotatable bonds is 3. The Morgan fingerprint density at radius 3 is 2.71 bits per heavy atom. The third-order valence-corrected chi connectivity index (χ3v) is 2.97. The lowest BCUT2D eigenvalue weighted by atomic mass is 10.00. The minimum atomic E-state index is -0.331. The molecule has 7 heteroatoms. The molecule has 0 aliphatic heterocycles. The molecule has 0 bridgehead atoms. The molecule has 2 heterocycles. The van der Waals surface area contributed by atoms with Crippen LogP contribution in [0.3, 0.4) is 0 Å². The summed E-state index contributed by atoms with van der Waals surface area (Å²) in [5.41, 5.74) is 11.8. The first kappa shape index (κ1) is 11.6. The van der Waals surface area contributed by atoms with Gasteiger partial charge in [-0.3, -0.25) is 9.78 Å². The smallest absolute Gasteiger partial charge is 0.278 e. The zero-order valence-corrected chi connectivity index (χ0v) is 9.82. The normalized spacial score (nSPS) is 15.0. The van der Waals surface area contributed by atoms with Gasteiger partial charge < -0.3 is 16.5 Å². The lowest BCUT2D eigenvalue weighted by Crippen LogP contribution is -2.20. The van der Waals surface area contributed by atoms with Crippen LogP contribution in [-0.4, -0.2) is 19.9 Å². The Morgan fingerprint density at radius 2 is 2.06 bits per heavy atom. The molecule has 2 atom stereocenters. The molecule has 17 heavy (non-hydrogen) atoms. The molecule has 2 aromatic heterocycles. The maximum Gasteiger partial charge on any atom is 0.278 e. The van der Waals surface area contributed by atoms with Gasteiger partial charge in [-0.05, 0) is 5.92 Å². The van der Waals surface area contributed by atoms with E-state index in [1.165, 1.54) is 0 Å². The van der Waals surface area contributed by atoms with Gasteiger partial charge in [0.2, 0.25) is 5.95 Å². The van der Waals surface area contributed by atoms with Gasteiger partial charge in [0, 0.05) is 0 Å². The van der Waals surface area contributed by atoms with Crippen LogP contribution in [-0.2, 0) is 0 Å². The number of imidazole rings is 1. The number of aromatic amines is 2. The van der Waals surface area contributed by atoms with E-state index in [0.717, 1.165) is 6.42 Å². The predicted molar refractivity (Wildman–Crippen MR) is 65.3 cm³/mol. The average molecular weight is 236 g/mol. The fraction of sp³-hybridized carbons (Fsp3) is 0.500. The number of nitrogens with two attached hydrogens (primary N) is 2. The van der Waals surface area contributed by atoms with Gasteiger partial charge in [-0.2, -0.15) is 4.98 Å². The molecular weight excluding hydrogens is 220 g/mol. The van der Waals surface area contributed by atoms with Crippen molar-refractivity contribution in [2.24, 2.45) is 11.7 Å². The first-order chi connectivity index (χ1) is 8.02. The second-order valence-electron chi connectivity index (χ2n) is 4.18. The monoisotopic (exact) mass is 236 g/mol. The van der Waals surface area contributed by atoms with Crippen LogP contribution in [0, 0.1) is 5.92 Å². The Labute approximate surface area is 97.6 Å². The van der Waals surface area contributed by atoms with E-state index in [4.69, 9.17) is 11.5 Å². The summed E-state index contributed by atoms with van der Waals surface area (Å²) >= 11 is 0. The molecular formula is C10H16N6O. The molecule has 0 aliphatic rings. The van der Waals surface area contributed by atoms with Crippen LogP contribution in [0.4, 0.5) is 5.95 Å². The largest absolute Gasteiger partial charge is 0.369 e. The number of nitrogens with zero attached hydrogens (tertiary/aromatic N) is 2. The highest BCUT2D eigenvalue weighted by atomic mass is 16.1. The minimum Gasteiger partial charge on any atom is -0.369 e. The van der Waals surface area contributed by atoms with Crippen molar-refractivity contribution in [1.82, 2.24) is 19.9 Å². The molecule has 0 aromatic carbocycles. The first-order valence-electron chi connectivity index (χ1n) is 5.54. The SMILES string of the molecule is CCC(C)C(N)c1nc2nc(N)[nH]c(=O)c2[nH]1. The molecule has 6 N–H and O–H groups in total. The number of aromatic nitrogens is 4. The van der Waals surface area contributed by atoms with E-state index in [-0.39, 0.29) is 23.5 Å². The van der Waals surface area contributed by atoms with Crippen molar-refractivity contribution in [2.75, 3.05) is 5.73 Å². The predicted octanol–water partition coefficient (Wildman–Crippen LogP) is 0.274. The lowest BCUT2D eigenvalue weighted by Gasteiger charge is -2.14. The van der Waals surface area contributed by atoms with Gasteiger partial charge in [0.15, 0.2) is 11.2 Å². The molecule has 0 radical (unpaired) electrons. The third-order valence-electron chi connectivity index (χ3n) is 2.97. The van der Waals surface area contributed by atoms with Crippen molar-refractivity contribution < 1.29 is 0 Å². The highest BCUT2D eigenvalue weighted by Crippen LogP contribution is 2.20. The van der Waals surface area contributed by atoms with Crippen LogP contribution in [0.2, 0.25) is 0 Å². The van der Waals surface area contributed by atoms with Crippen molar-refractivity contribution in [2.45, 2.75) is 26.3 Å². The van der Waals surface area contributed by atoms with Crippen LogP contribution in [0.25, 0.3) is 11.2 Å². The van der Waals surface area contributed by atoms with Gasteiger partial charge in [0.25, 0.3) is 5.56 Å². The molecule has 2 aromatic rings. The third kappa shape index (κ3) is 2.01. The Bertz CT molecular complexity index is 586. The minimum absolute atomic E-state index is 0.0534. The number of hydrogen-bond acceptors (Lipinski definition) is 5. The maximum absolute atomic E-state index is 11.6. The van der Waals surface area contributed by atoms with E-state index < -0.39 is 0 Å². The summed E-state index contributed by atoms with van der Waals surface area (Å²) in [6.45, 7) is 4.08. The summed E-state index contributed by atoms with van der Waals surface area (Å²) in [5.74, 6) is 0.891. The Kier molecular flexibility index (Phi) is 2.84. The van der Waals surface area contributed by atoms with E-state index >= 15 is 0 Å². The summed E-state index contributed by atoms with van der Waals surface area (Å²) in [5, 5.41) is 0. The molecule has 7 nitrogen and oxygen atoms in total. The van der Waals surface area contributed by atoms with E-state index in [1.807, 2.05) is 6.92 Å². The number of H-pyrrole nitrogens is 2. The van der Waals surface area contributed by atoms with Gasteiger partial charge in [0.1, 0.15) is 5.82 Å². The summed E-state index contributed by atoms with van der Waals surface area (Å²) in [7, 11) is 0. The van der Waals surface area contributed by atoms with Crippen molar-refractivity contribution in [1.29, 1.82) is 0 Å². The quantitative estimate of drug-likeness (QED) is 0.608. The van der Waals surface area contributed by atoms with Crippen LogP contribution in [0.5, 0.6) is 0 Å².